The zero-order chi connectivity index (χ0) is 14.8. The molecule has 0 unspecified atom stereocenters. The van der Waals surface area contributed by atoms with Crippen molar-refractivity contribution < 1.29 is 44.2 Å². The number of carbonyl (C=O) groups is 1. The molecule has 1 aromatic heterocycles. The maximum atomic E-state index is 10.9. The first-order valence-electron chi connectivity index (χ1n) is 6.62. The number of carboxylic acids is 1. The van der Waals surface area contributed by atoms with Crippen molar-refractivity contribution in [3.05, 3.63) is 65.9 Å². The van der Waals surface area contributed by atoms with Crippen molar-refractivity contribution in [2.24, 2.45) is 7.05 Å². The van der Waals surface area contributed by atoms with Crippen molar-refractivity contribution in [1.29, 1.82) is 0 Å². The molecule has 0 atom stereocenters. The van der Waals surface area contributed by atoms with E-state index < -0.39 is 5.97 Å². The van der Waals surface area contributed by atoms with Crippen LogP contribution in [0.3, 0.4) is 0 Å². The predicted molar refractivity (Wildman–Crippen MR) is 78.0 cm³/mol. The molecule has 5 heteroatoms. The van der Waals surface area contributed by atoms with Gasteiger partial charge in [-0.3, -0.25) is 0 Å². The van der Waals surface area contributed by atoms with Crippen LogP contribution in [0.5, 0.6) is 5.75 Å². The number of para-hydroxylation sites is 1. The van der Waals surface area contributed by atoms with E-state index in [1.54, 1.807) is 12.1 Å². The minimum absolute atomic E-state index is 0. The fourth-order valence-corrected chi connectivity index (χ4v) is 2.38. The van der Waals surface area contributed by atoms with Gasteiger partial charge in [0, 0.05) is 18.6 Å². The number of benzene rings is 2. The van der Waals surface area contributed by atoms with Crippen LogP contribution in [0.4, 0.5) is 0 Å². The van der Waals surface area contributed by atoms with Gasteiger partial charge in [-0.2, -0.15) is 0 Å². The first-order chi connectivity index (χ1) is 10.1. The molecule has 3 aromatic rings. The smallest absolute Gasteiger partial charge is 0.545 e. The van der Waals surface area contributed by atoms with Gasteiger partial charge in [-0.05, 0) is 29.3 Å². The SMILES string of the molecule is Cn1ccc2cccc(OCc3cccc(C(=O)[O-])c3)c21.[Na+]. The largest absolute Gasteiger partial charge is 1.00 e. The van der Waals surface area contributed by atoms with Crippen molar-refractivity contribution in [2.75, 3.05) is 0 Å². The number of rotatable bonds is 4. The third-order valence-electron chi connectivity index (χ3n) is 3.42. The molecular weight excluding hydrogens is 289 g/mol. The topological polar surface area (TPSA) is 54.3 Å². The Balaban J connectivity index is 0.00000176. The summed E-state index contributed by atoms with van der Waals surface area (Å²) in [5.74, 6) is -0.403. The first kappa shape index (κ1) is 16.6. The summed E-state index contributed by atoms with van der Waals surface area (Å²) in [4.78, 5) is 10.9. The van der Waals surface area contributed by atoms with Crippen LogP contribution in [0.2, 0.25) is 0 Å². The van der Waals surface area contributed by atoms with Crippen LogP contribution < -0.4 is 39.4 Å². The molecular formula is C17H14NNaO3. The Hall–Kier alpha value is -1.75. The summed E-state index contributed by atoms with van der Waals surface area (Å²) in [7, 11) is 1.96. The number of carboxylic acid groups (broad SMARTS) is 1. The summed E-state index contributed by atoms with van der Waals surface area (Å²) in [5, 5.41) is 12.0. The van der Waals surface area contributed by atoms with E-state index in [9.17, 15) is 9.90 Å². The molecule has 0 radical (unpaired) electrons. The number of aromatic carboxylic acids is 1. The number of hydrogen-bond acceptors (Lipinski definition) is 3. The molecule has 106 valence electrons. The van der Waals surface area contributed by atoms with E-state index in [-0.39, 0.29) is 35.1 Å². The van der Waals surface area contributed by atoms with Gasteiger partial charge in [-0.25, -0.2) is 0 Å². The van der Waals surface area contributed by atoms with Gasteiger partial charge in [0.25, 0.3) is 0 Å². The number of fused-ring (bicyclic) bond motifs is 1. The number of ether oxygens (including phenoxy) is 1. The van der Waals surface area contributed by atoms with Gasteiger partial charge in [0.05, 0.1) is 11.5 Å². The molecule has 0 aliphatic carbocycles. The van der Waals surface area contributed by atoms with Crippen LogP contribution in [-0.4, -0.2) is 10.5 Å². The summed E-state index contributed by atoms with van der Waals surface area (Å²) in [6, 6.07) is 14.5. The molecule has 0 bridgehead atoms. The maximum absolute atomic E-state index is 10.9. The summed E-state index contributed by atoms with van der Waals surface area (Å²) < 4.78 is 7.85. The molecule has 22 heavy (non-hydrogen) atoms. The second kappa shape index (κ2) is 7.01. The van der Waals surface area contributed by atoms with Crippen molar-refractivity contribution in [3.8, 4) is 5.75 Å². The van der Waals surface area contributed by atoms with Crippen LogP contribution in [0, 0.1) is 0 Å². The van der Waals surface area contributed by atoms with Crippen LogP contribution in [0.1, 0.15) is 15.9 Å². The molecule has 0 saturated carbocycles. The number of aromatic nitrogens is 1. The Morgan fingerprint density at radius 3 is 2.73 bits per heavy atom. The fraction of sp³-hybridized carbons (Fsp3) is 0.118. The maximum Gasteiger partial charge on any atom is 1.00 e. The zero-order valence-corrected chi connectivity index (χ0v) is 14.6. The second-order valence-electron chi connectivity index (χ2n) is 4.90. The van der Waals surface area contributed by atoms with Crippen LogP contribution in [0.15, 0.2) is 54.7 Å². The number of carbonyl (C=O) groups excluding carboxylic acids is 1. The molecule has 0 fully saturated rings. The van der Waals surface area contributed by atoms with E-state index in [0.717, 1.165) is 22.2 Å². The predicted octanol–water partition coefficient (Wildman–Crippen LogP) is -0.875. The van der Waals surface area contributed by atoms with E-state index in [0.29, 0.717) is 6.61 Å². The van der Waals surface area contributed by atoms with Gasteiger partial charge in [-0.1, -0.05) is 30.3 Å². The van der Waals surface area contributed by atoms with Gasteiger partial charge in [0.1, 0.15) is 12.4 Å². The summed E-state index contributed by atoms with van der Waals surface area (Å²) >= 11 is 0. The van der Waals surface area contributed by atoms with E-state index in [1.807, 2.05) is 48.1 Å². The van der Waals surface area contributed by atoms with E-state index in [1.165, 1.54) is 6.07 Å². The van der Waals surface area contributed by atoms with Crippen molar-refractivity contribution >= 4 is 16.9 Å². The van der Waals surface area contributed by atoms with E-state index in [2.05, 4.69) is 0 Å². The quantitative estimate of drug-likeness (QED) is 0.589. The second-order valence-corrected chi connectivity index (χ2v) is 4.90. The van der Waals surface area contributed by atoms with Gasteiger partial charge in [0.15, 0.2) is 0 Å². The minimum atomic E-state index is -1.18. The summed E-state index contributed by atoms with van der Waals surface area (Å²) in [5.41, 5.74) is 1.98. The Morgan fingerprint density at radius 1 is 1.18 bits per heavy atom. The van der Waals surface area contributed by atoms with Crippen molar-refractivity contribution in [3.63, 3.8) is 0 Å². The summed E-state index contributed by atoms with van der Waals surface area (Å²) in [6.45, 7) is 0.311. The summed E-state index contributed by atoms with van der Waals surface area (Å²) in [6.07, 6.45) is 1.98. The Labute approximate surface area is 150 Å². The molecule has 0 spiro atoms. The van der Waals surface area contributed by atoms with Gasteiger partial charge >= 0.3 is 29.6 Å². The molecule has 0 amide bonds. The normalized spacial score (nSPS) is 10.2. The molecule has 1 heterocycles. The fourth-order valence-electron chi connectivity index (χ4n) is 2.38. The number of aryl methyl sites for hydroxylation is 1. The van der Waals surface area contributed by atoms with E-state index >= 15 is 0 Å². The number of hydrogen-bond donors (Lipinski definition) is 0. The van der Waals surface area contributed by atoms with E-state index in [4.69, 9.17) is 4.74 Å². The average Bonchev–Trinajstić information content (AvgIpc) is 2.88. The van der Waals surface area contributed by atoms with Crippen molar-refractivity contribution in [2.45, 2.75) is 6.61 Å². The zero-order valence-electron chi connectivity index (χ0n) is 12.6. The Morgan fingerprint density at radius 2 is 1.95 bits per heavy atom. The molecule has 0 aliphatic heterocycles. The number of nitrogens with zero attached hydrogens (tertiary/aromatic N) is 1. The average molecular weight is 303 g/mol. The van der Waals surface area contributed by atoms with Crippen LogP contribution in [0.25, 0.3) is 10.9 Å². The molecule has 3 rings (SSSR count). The van der Waals surface area contributed by atoms with Gasteiger partial charge < -0.3 is 19.2 Å². The Kier molecular flexibility index (Phi) is 5.29. The van der Waals surface area contributed by atoms with Gasteiger partial charge in [-0.15, -0.1) is 0 Å². The molecule has 4 nitrogen and oxygen atoms in total. The monoisotopic (exact) mass is 303 g/mol. The molecule has 0 saturated heterocycles. The minimum Gasteiger partial charge on any atom is -0.545 e. The molecule has 2 aromatic carbocycles. The Bertz CT molecular complexity index is 811. The third kappa shape index (κ3) is 3.35. The van der Waals surface area contributed by atoms with Crippen LogP contribution >= 0.6 is 0 Å². The third-order valence-corrected chi connectivity index (χ3v) is 3.42. The standard InChI is InChI=1S/C17H15NO3.Na/c1-18-9-8-13-5-3-7-15(16(13)18)21-11-12-4-2-6-14(10-12)17(19)20;/h2-10H,11H2,1H3,(H,19,20);/q;+1/p-1. The van der Waals surface area contributed by atoms with Gasteiger partial charge in [0.2, 0.25) is 0 Å². The van der Waals surface area contributed by atoms with Crippen LogP contribution in [-0.2, 0) is 13.7 Å². The van der Waals surface area contributed by atoms with Crippen molar-refractivity contribution in [1.82, 2.24) is 4.57 Å². The first-order valence-corrected chi connectivity index (χ1v) is 6.62. The molecule has 0 aliphatic rings. The molecule has 0 N–H and O–H groups in total.